The maximum atomic E-state index is 8.33. The molecule has 0 aliphatic carbocycles. The summed E-state index contributed by atoms with van der Waals surface area (Å²) >= 11 is 4.62. The van der Waals surface area contributed by atoms with Crippen molar-refractivity contribution in [2.45, 2.75) is 0 Å². The second-order valence-electron chi connectivity index (χ2n) is 1.29. The molecule has 0 saturated carbocycles. The molecule has 0 amide bonds. The molecule has 4 heteroatoms. The monoisotopic (exact) mass is 134 g/mol. The third-order valence-corrected chi connectivity index (χ3v) is 0.879. The van der Waals surface area contributed by atoms with Gasteiger partial charge < -0.3 is 15.7 Å². The van der Waals surface area contributed by atoms with E-state index in [1.807, 2.05) is 0 Å². The van der Waals surface area contributed by atoms with E-state index in [9.17, 15) is 0 Å². The second kappa shape index (κ2) is 4.96. The molecular formula is C4H10N2OS. The third kappa shape index (κ3) is 3.98. The van der Waals surface area contributed by atoms with Gasteiger partial charge in [-0.25, -0.2) is 0 Å². The van der Waals surface area contributed by atoms with E-state index in [2.05, 4.69) is 22.9 Å². The number of aliphatic hydroxyl groups is 1. The number of nitrogens with one attached hydrogen (secondary N) is 2. The molecule has 0 atom stereocenters. The van der Waals surface area contributed by atoms with Gasteiger partial charge in [0.15, 0.2) is 0 Å². The summed E-state index contributed by atoms with van der Waals surface area (Å²) in [6.45, 7) is 0.538. The first-order valence-corrected chi connectivity index (χ1v) is 2.74. The van der Waals surface area contributed by atoms with Crippen LogP contribution in [-0.4, -0.2) is 30.4 Å². The SMILES string of the molecule is CNCNC(=S)CO. The topological polar surface area (TPSA) is 44.3 Å². The Morgan fingerprint density at radius 3 is 2.75 bits per heavy atom. The van der Waals surface area contributed by atoms with E-state index in [0.717, 1.165) is 0 Å². The van der Waals surface area contributed by atoms with Crippen LogP contribution in [0.4, 0.5) is 0 Å². The van der Waals surface area contributed by atoms with Crippen LogP contribution in [0.5, 0.6) is 0 Å². The molecule has 0 unspecified atom stereocenters. The smallest absolute Gasteiger partial charge is 0.102 e. The lowest BCUT2D eigenvalue weighted by Gasteiger charge is -2.01. The van der Waals surface area contributed by atoms with Crippen LogP contribution in [0.1, 0.15) is 0 Å². The minimum atomic E-state index is -0.0724. The van der Waals surface area contributed by atoms with Gasteiger partial charge in [0.05, 0.1) is 13.3 Å². The molecule has 0 aromatic heterocycles. The highest BCUT2D eigenvalue weighted by molar-refractivity contribution is 7.80. The number of rotatable bonds is 3. The normalized spacial score (nSPS) is 8.75. The lowest BCUT2D eigenvalue weighted by Crippen LogP contribution is -2.32. The molecule has 3 N–H and O–H groups in total. The summed E-state index contributed by atoms with van der Waals surface area (Å²) in [4.78, 5) is 0.472. The number of aliphatic hydroxyl groups excluding tert-OH is 1. The zero-order valence-electron chi connectivity index (χ0n) is 4.77. The lowest BCUT2D eigenvalue weighted by atomic mass is 10.7. The van der Waals surface area contributed by atoms with E-state index in [1.165, 1.54) is 0 Å². The van der Waals surface area contributed by atoms with Gasteiger partial charge in [0.25, 0.3) is 0 Å². The van der Waals surface area contributed by atoms with Crippen molar-refractivity contribution in [2.75, 3.05) is 20.3 Å². The Bertz CT molecular complexity index is 76.4. The molecule has 0 radical (unpaired) electrons. The summed E-state index contributed by atoms with van der Waals surface area (Å²) in [6.07, 6.45) is 0. The molecule has 0 spiro atoms. The molecule has 48 valence electrons. The Kier molecular flexibility index (Phi) is 4.84. The standard InChI is InChI=1S/C4H10N2OS/c1-5-3-6-4(8)2-7/h5,7H,2-3H2,1H3,(H,6,8). The molecule has 0 bridgehead atoms. The van der Waals surface area contributed by atoms with Gasteiger partial charge in [-0.3, -0.25) is 0 Å². The maximum Gasteiger partial charge on any atom is 0.102 e. The second-order valence-corrected chi connectivity index (χ2v) is 1.78. The van der Waals surface area contributed by atoms with Crippen LogP contribution in [0, 0.1) is 0 Å². The van der Waals surface area contributed by atoms with E-state index < -0.39 is 0 Å². The molecule has 0 heterocycles. The molecule has 0 aromatic carbocycles. The van der Waals surface area contributed by atoms with Gasteiger partial charge in [-0.2, -0.15) is 0 Å². The molecule has 0 fully saturated rings. The van der Waals surface area contributed by atoms with Gasteiger partial charge in [-0.15, -0.1) is 0 Å². The summed E-state index contributed by atoms with van der Waals surface area (Å²) in [5.74, 6) is 0. The predicted molar refractivity (Wildman–Crippen MR) is 36.7 cm³/mol. The van der Waals surface area contributed by atoms with Crippen LogP contribution in [0.25, 0.3) is 0 Å². The van der Waals surface area contributed by atoms with Crippen molar-refractivity contribution in [3.05, 3.63) is 0 Å². The summed E-state index contributed by atoms with van der Waals surface area (Å²) in [5.41, 5.74) is 0. The Labute approximate surface area is 54.1 Å². The Morgan fingerprint density at radius 1 is 1.75 bits per heavy atom. The minimum Gasteiger partial charge on any atom is -0.389 e. The van der Waals surface area contributed by atoms with Gasteiger partial charge in [-0.1, -0.05) is 12.2 Å². The molecule has 0 saturated heterocycles. The van der Waals surface area contributed by atoms with E-state index >= 15 is 0 Å². The molecule has 0 aliphatic rings. The van der Waals surface area contributed by atoms with E-state index in [-0.39, 0.29) is 6.61 Å². The Morgan fingerprint density at radius 2 is 2.38 bits per heavy atom. The highest BCUT2D eigenvalue weighted by atomic mass is 32.1. The number of hydrogen-bond donors (Lipinski definition) is 3. The van der Waals surface area contributed by atoms with E-state index in [4.69, 9.17) is 5.11 Å². The van der Waals surface area contributed by atoms with Gasteiger partial charge >= 0.3 is 0 Å². The number of hydrogen-bond acceptors (Lipinski definition) is 3. The van der Waals surface area contributed by atoms with Crippen LogP contribution < -0.4 is 10.6 Å². The van der Waals surface area contributed by atoms with E-state index in [0.29, 0.717) is 11.7 Å². The molecule has 8 heavy (non-hydrogen) atoms. The van der Waals surface area contributed by atoms with Crippen LogP contribution in [-0.2, 0) is 0 Å². The first-order chi connectivity index (χ1) is 3.81. The number of thiocarbonyl (C=S) groups is 1. The van der Waals surface area contributed by atoms with Gasteiger partial charge in [0, 0.05) is 0 Å². The van der Waals surface area contributed by atoms with Gasteiger partial charge in [0.1, 0.15) is 4.99 Å². The Balaban J connectivity index is 2.99. The first kappa shape index (κ1) is 7.81. The van der Waals surface area contributed by atoms with Crippen molar-refractivity contribution in [2.24, 2.45) is 0 Å². The molecular weight excluding hydrogens is 124 g/mol. The lowest BCUT2D eigenvalue weighted by molar-refractivity contribution is 0.355. The highest BCUT2D eigenvalue weighted by Gasteiger charge is 1.86. The average molecular weight is 134 g/mol. The zero-order valence-corrected chi connectivity index (χ0v) is 5.59. The van der Waals surface area contributed by atoms with Crippen LogP contribution in [0.15, 0.2) is 0 Å². The molecule has 0 rings (SSSR count). The molecule has 3 nitrogen and oxygen atoms in total. The van der Waals surface area contributed by atoms with Crippen LogP contribution in [0.2, 0.25) is 0 Å². The summed E-state index contributed by atoms with van der Waals surface area (Å²) < 4.78 is 0. The predicted octanol–water partition coefficient (Wildman–Crippen LogP) is -0.927. The summed E-state index contributed by atoms with van der Waals surface area (Å²) in [6, 6.07) is 0. The van der Waals surface area contributed by atoms with Crippen molar-refractivity contribution in [3.63, 3.8) is 0 Å². The van der Waals surface area contributed by atoms with Crippen LogP contribution >= 0.6 is 12.2 Å². The summed E-state index contributed by atoms with van der Waals surface area (Å²) in [7, 11) is 1.80. The largest absolute Gasteiger partial charge is 0.389 e. The quantitative estimate of drug-likeness (QED) is 0.345. The summed E-state index contributed by atoms with van der Waals surface area (Å²) in [5, 5.41) is 13.9. The fourth-order valence-corrected chi connectivity index (χ4v) is 0.315. The van der Waals surface area contributed by atoms with Crippen molar-refractivity contribution in [3.8, 4) is 0 Å². The van der Waals surface area contributed by atoms with Crippen molar-refractivity contribution < 1.29 is 5.11 Å². The molecule has 0 aliphatic heterocycles. The van der Waals surface area contributed by atoms with Crippen molar-refractivity contribution in [1.82, 2.24) is 10.6 Å². The minimum absolute atomic E-state index is 0.0724. The van der Waals surface area contributed by atoms with Crippen molar-refractivity contribution >= 4 is 17.2 Å². The van der Waals surface area contributed by atoms with Crippen LogP contribution in [0.3, 0.4) is 0 Å². The molecule has 0 aromatic rings. The third-order valence-electron chi connectivity index (χ3n) is 0.606. The van der Waals surface area contributed by atoms with Crippen molar-refractivity contribution in [1.29, 1.82) is 0 Å². The maximum absolute atomic E-state index is 8.33. The zero-order chi connectivity index (χ0) is 6.41. The average Bonchev–Trinajstić information content (AvgIpc) is 1.83. The van der Waals surface area contributed by atoms with Gasteiger partial charge in [-0.05, 0) is 7.05 Å². The first-order valence-electron chi connectivity index (χ1n) is 2.33. The fourth-order valence-electron chi connectivity index (χ4n) is 0.243. The van der Waals surface area contributed by atoms with E-state index in [1.54, 1.807) is 7.05 Å². The highest BCUT2D eigenvalue weighted by Crippen LogP contribution is 1.64. The van der Waals surface area contributed by atoms with Gasteiger partial charge in [0.2, 0.25) is 0 Å². The Hall–Kier alpha value is -0.190. The fraction of sp³-hybridized carbons (Fsp3) is 0.750.